The molecule has 1 aliphatic heterocycles. The van der Waals surface area contributed by atoms with E-state index in [1.165, 1.54) is 11.1 Å². The molecule has 0 aliphatic carbocycles. The number of morpholine rings is 1. The summed E-state index contributed by atoms with van der Waals surface area (Å²) in [6, 6.07) is 0. The van der Waals surface area contributed by atoms with Crippen molar-refractivity contribution in [1.29, 1.82) is 0 Å². The molecule has 17 heavy (non-hydrogen) atoms. The van der Waals surface area contributed by atoms with E-state index in [1.807, 2.05) is 0 Å². The van der Waals surface area contributed by atoms with Gasteiger partial charge in [0, 0.05) is 6.54 Å². The van der Waals surface area contributed by atoms with Crippen LogP contribution in [0, 0.1) is 0 Å². The third kappa shape index (κ3) is 2.33. The maximum Gasteiger partial charge on any atom is 0.276 e. The number of aromatic nitrogens is 3. The van der Waals surface area contributed by atoms with Gasteiger partial charge in [-0.2, -0.15) is 15.4 Å². The number of ether oxygens (including phenoxy) is 1. The standard InChI is InChI=1S/C8H12N6O3/c9-7(12-16)6-4-14(1-2-17-6)8(15)5-3-10-13-11-5/h3,6,16H,1-2,4H2,(H2,9,12)(H,10,11,13). The predicted molar refractivity (Wildman–Crippen MR) is 55.4 cm³/mol. The number of oxime groups is 1. The van der Waals surface area contributed by atoms with Crippen molar-refractivity contribution < 1.29 is 14.7 Å². The largest absolute Gasteiger partial charge is 0.409 e. The number of nitrogens with zero attached hydrogens (tertiary/aromatic N) is 4. The fourth-order valence-electron chi connectivity index (χ4n) is 1.54. The molecule has 2 heterocycles. The summed E-state index contributed by atoms with van der Waals surface area (Å²) in [7, 11) is 0. The molecule has 1 aromatic heterocycles. The zero-order valence-electron chi connectivity index (χ0n) is 8.91. The lowest BCUT2D eigenvalue weighted by Gasteiger charge is -2.31. The van der Waals surface area contributed by atoms with Crippen LogP contribution < -0.4 is 5.73 Å². The van der Waals surface area contributed by atoms with Gasteiger partial charge in [0.1, 0.15) is 6.10 Å². The minimum Gasteiger partial charge on any atom is -0.409 e. The van der Waals surface area contributed by atoms with Crippen molar-refractivity contribution in [3.05, 3.63) is 11.9 Å². The van der Waals surface area contributed by atoms with Crippen molar-refractivity contribution in [2.24, 2.45) is 10.9 Å². The van der Waals surface area contributed by atoms with E-state index in [-0.39, 0.29) is 24.0 Å². The Kier molecular flexibility index (Phi) is 3.19. The molecule has 1 aliphatic rings. The molecule has 9 heteroatoms. The highest BCUT2D eigenvalue weighted by atomic mass is 16.5. The molecule has 0 aromatic carbocycles. The van der Waals surface area contributed by atoms with E-state index < -0.39 is 6.10 Å². The van der Waals surface area contributed by atoms with Crippen molar-refractivity contribution in [2.45, 2.75) is 6.10 Å². The molecule has 1 fully saturated rings. The predicted octanol–water partition coefficient (Wildman–Crippen LogP) is -1.61. The number of rotatable bonds is 2. The molecule has 0 spiro atoms. The van der Waals surface area contributed by atoms with Gasteiger partial charge in [-0.15, -0.1) is 0 Å². The lowest BCUT2D eigenvalue weighted by Crippen LogP contribution is -2.50. The van der Waals surface area contributed by atoms with Crippen LogP contribution in [0.15, 0.2) is 11.4 Å². The third-order valence-corrected chi connectivity index (χ3v) is 2.43. The molecule has 2 rings (SSSR count). The van der Waals surface area contributed by atoms with E-state index in [9.17, 15) is 4.79 Å². The van der Waals surface area contributed by atoms with Crippen molar-refractivity contribution in [3.63, 3.8) is 0 Å². The molecule has 0 radical (unpaired) electrons. The minimum atomic E-state index is -0.593. The highest BCUT2D eigenvalue weighted by molar-refractivity contribution is 5.93. The lowest BCUT2D eigenvalue weighted by atomic mass is 10.2. The van der Waals surface area contributed by atoms with Gasteiger partial charge >= 0.3 is 0 Å². The third-order valence-electron chi connectivity index (χ3n) is 2.43. The Hall–Kier alpha value is -2.16. The summed E-state index contributed by atoms with van der Waals surface area (Å²) in [6.07, 6.45) is 0.751. The van der Waals surface area contributed by atoms with E-state index in [4.69, 9.17) is 15.7 Å². The Labute approximate surface area is 96.2 Å². The summed E-state index contributed by atoms with van der Waals surface area (Å²) in [5, 5.41) is 21.0. The number of H-pyrrole nitrogens is 1. The second-order valence-electron chi connectivity index (χ2n) is 3.49. The van der Waals surface area contributed by atoms with Crippen LogP contribution in [0.1, 0.15) is 10.5 Å². The van der Waals surface area contributed by atoms with Crippen LogP contribution in [-0.2, 0) is 4.74 Å². The highest BCUT2D eigenvalue weighted by Crippen LogP contribution is 2.08. The van der Waals surface area contributed by atoms with Gasteiger partial charge in [0.25, 0.3) is 5.91 Å². The van der Waals surface area contributed by atoms with Crippen LogP contribution in [0.5, 0.6) is 0 Å². The maximum atomic E-state index is 11.9. The monoisotopic (exact) mass is 240 g/mol. The highest BCUT2D eigenvalue weighted by Gasteiger charge is 2.28. The van der Waals surface area contributed by atoms with Crippen LogP contribution in [0.25, 0.3) is 0 Å². The molecule has 9 nitrogen and oxygen atoms in total. The van der Waals surface area contributed by atoms with E-state index in [0.717, 1.165) is 0 Å². The van der Waals surface area contributed by atoms with Crippen LogP contribution in [0.4, 0.5) is 0 Å². The second-order valence-corrected chi connectivity index (χ2v) is 3.49. The molecule has 0 bridgehead atoms. The van der Waals surface area contributed by atoms with E-state index in [2.05, 4.69) is 20.6 Å². The molecule has 1 aromatic rings. The Morgan fingerprint density at radius 1 is 1.76 bits per heavy atom. The fourth-order valence-corrected chi connectivity index (χ4v) is 1.54. The molecular weight excluding hydrogens is 228 g/mol. The first-order valence-corrected chi connectivity index (χ1v) is 4.96. The first-order chi connectivity index (χ1) is 8.22. The molecule has 0 saturated carbocycles. The van der Waals surface area contributed by atoms with Crippen molar-refractivity contribution in [2.75, 3.05) is 19.7 Å². The molecule has 92 valence electrons. The van der Waals surface area contributed by atoms with Gasteiger partial charge in [-0.1, -0.05) is 5.16 Å². The number of nitrogens with two attached hydrogens (primary N) is 1. The van der Waals surface area contributed by atoms with Gasteiger partial charge in [-0.25, -0.2) is 0 Å². The molecule has 4 N–H and O–H groups in total. The number of nitrogens with one attached hydrogen (secondary N) is 1. The topological polar surface area (TPSA) is 130 Å². The number of amidine groups is 1. The van der Waals surface area contributed by atoms with Crippen LogP contribution in [0.3, 0.4) is 0 Å². The van der Waals surface area contributed by atoms with Gasteiger partial charge in [0.05, 0.1) is 19.3 Å². The molecule has 1 saturated heterocycles. The van der Waals surface area contributed by atoms with Gasteiger partial charge < -0.3 is 20.6 Å². The molecule has 1 atom stereocenters. The number of carbonyl (C=O) groups excluding carboxylic acids is 1. The van der Waals surface area contributed by atoms with Crippen LogP contribution in [-0.4, -0.2) is 63.1 Å². The number of hydrogen-bond acceptors (Lipinski definition) is 6. The normalized spacial score (nSPS) is 21.5. The fraction of sp³-hybridized carbons (Fsp3) is 0.500. The molecule has 1 unspecified atom stereocenters. The van der Waals surface area contributed by atoms with Crippen molar-refractivity contribution in [1.82, 2.24) is 20.3 Å². The summed E-state index contributed by atoms with van der Waals surface area (Å²) in [5.74, 6) is -0.319. The van der Waals surface area contributed by atoms with E-state index in [0.29, 0.717) is 13.2 Å². The summed E-state index contributed by atoms with van der Waals surface area (Å²) in [6.45, 7) is 0.979. The summed E-state index contributed by atoms with van der Waals surface area (Å²) >= 11 is 0. The Morgan fingerprint density at radius 3 is 3.24 bits per heavy atom. The number of carbonyl (C=O) groups is 1. The average Bonchev–Trinajstić information content (AvgIpc) is 2.91. The number of hydrogen-bond donors (Lipinski definition) is 3. The molecule has 1 amide bonds. The van der Waals surface area contributed by atoms with Crippen molar-refractivity contribution >= 4 is 11.7 Å². The first-order valence-electron chi connectivity index (χ1n) is 4.96. The summed E-state index contributed by atoms with van der Waals surface area (Å²) in [5.41, 5.74) is 5.66. The maximum absolute atomic E-state index is 11.9. The Balaban J connectivity index is 2.05. The van der Waals surface area contributed by atoms with Gasteiger partial charge in [-0.05, 0) is 0 Å². The van der Waals surface area contributed by atoms with Gasteiger partial charge in [0.2, 0.25) is 0 Å². The number of amides is 1. The Morgan fingerprint density at radius 2 is 2.59 bits per heavy atom. The quantitative estimate of drug-likeness (QED) is 0.247. The van der Waals surface area contributed by atoms with Crippen molar-refractivity contribution in [3.8, 4) is 0 Å². The summed E-state index contributed by atoms with van der Waals surface area (Å²) < 4.78 is 5.27. The second kappa shape index (κ2) is 4.78. The van der Waals surface area contributed by atoms with Crippen LogP contribution in [0.2, 0.25) is 0 Å². The SMILES string of the molecule is NC(=NO)C1CN(C(=O)c2cn[nH]n2)CCO1. The van der Waals surface area contributed by atoms with E-state index >= 15 is 0 Å². The first kappa shape index (κ1) is 11.3. The minimum absolute atomic E-state index is 0.0531. The average molecular weight is 240 g/mol. The number of aromatic amines is 1. The lowest BCUT2D eigenvalue weighted by molar-refractivity contribution is 0.00647. The Bertz CT molecular complexity index is 417. The zero-order valence-corrected chi connectivity index (χ0v) is 8.91. The van der Waals surface area contributed by atoms with Gasteiger partial charge in [-0.3, -0.25) is 4.79 Å². The molecular formula is C8H12N6O3. The zero-order chi connectivity index (χ0) is 12.3. The smallest absolute Gasteiger partial charge is 0.276 e. The van der Waals surface area contributed by atoms with Crippen LogP contribution >= 0.6 is 0 Å². The summed E-state index contributed by atoms with van der Waals surface area (Å²) in [4.78, 5) is 13.4. The van der Waals surface area contributed by atoms with Gasteiger partial charge in [0.15, 0.2) is 11.5 Å². The van der Waals surface area contributed by atoms with E-state index in [1.54, 1.807) is 0 Å².